The number of benzene rings is 2. The Labute approximate surface area is 164 Å². The monoisotopic (exact) mass is 378 g/mol. The van der Waals surface area contributed by atoms with Gasteiger partial charge in [-0.15, -0.1) is 0 Å². The lowest BCUT2D eigenvalue weighted by Gasteiger charge is -1.82. The molecular formula is C22H22N2O4. The van der Waals surface area contributed by atoms with Gasteiger partial charge >= 0.3 is 0 Å². The van der Waals surface area contributed by atoms with E-state index >= 15 is 0 Å². The van der Waals surface area contributed by atoms with Crippen LogP contribution in [0.4, 0.5) is 0 Å². The zero-order valence-corrected chi connectivity index (χ0v) is 15.7. The number of hydrogen-bond acceptors (Lipinski definition) is 4. The number of amides is 4. The van der Waals surface area contributed by atoms with Crippen molar-refractivity contribution < 1.29 is 19.2 Å². The normalized spacial score (nSPS) is 13.2. The summed E-state index contributed by atoms with van der Waals surface area (Å²) in [6.07, 6.45) is 4.79. The van der Waals surface area contributed by atoms with Crippen LogP contribution in [0, 0.1) is 13.8 Å². The van der Waals surface area contributed by atoms with Crippen LogP contribution in [0.5, 0.6) is 0 Å². The molecule has 4 amide bonds. The molecule has 0 atom stereocenters. The highest BCUT2D eigenvalue weighted by atomic mass is 16.2. The maximum atomic E-state index is 10.0. The molecule has 4 rings (SSSR count). The number of hydrogen-bond donors (Lipinski definition) is 2. The van der Waals surface area contributed by atoms with Gasteiger partial charge in [-0.05, 0) is 13.8 Å². The number of imide groups is 2. The third kappa shape index (κ3) is 10.9. The van der Waals surface area contributed by atoms with Crippen molar-refractivity contribution in [3.05, 3.63) is 96.1 Å². The molecule has 2 aliphatic rings. The van der Waals surface area contributed by atoms with E-state index in [1.165, 1.54) is 35.4 Å². The maximum Gasteiger partial charge on any atom is 0.250 e. The molecular weight excluding hydrogens is 356 g/mol. The van der Waals surface area contributed by atoms with E-state index in [9.17, 15) is 19.2 Å². The first-order valence-electron chi connectivity index (χ1n) is 8.46. The summed E-state index contributed by atoms with van der Waals surface area (Å²) in [7, 11) is 0. The van der Waals surface area contributed by atoms with Crippen molar-refractivity contribution in [2.45, 2.75) is 13.8 Å². The SMILES string of the molecule is Cc1ccccc1.Cc1ccccc1.O=C1C=CC(=O)N1.O=C1C=CC(=O)N1. The van der Waals surface area contributed by atoms with Gasteiger partial charge in [0.15, 0.2) is 0 Å². The molecule has 0 radical (unpaired) electrons. The molecule has 0 aromatic heterocycles. The molecule has 2 N–H and O–H groups in total. The van der Waals surface area contributed by atoms with E-state index in [1.807, 2.05) is 47.0 Å². The Balaban J connectivity index is 0.000000187. The first-order valence-corrected chi connectivity index (χ1v) is 8.46. The molecule has 144 valence electrons. The molecule has 28 heavy (non-hydrogen) atoms. The number of aryl methyl sites for hydroxylation is 2. The van der Waals surface area contributed by atoms with E-state index in [-0.39, 0.29) is 23.6 Å². The minimum atomic E-state index is -0.329. The molecule has 0 bridgehead atoms. The van der Waals surface area contributed by atoms with Gasteiger partial charge in [0, 0.05) is 24.3 Å². The second-order valence-electron chi connectivity index (χ2n) is 5.68. The summed E-state index contributed by atoms with van der Waals surface area (Å²) < 4.78 is 0. The van der Waals surface area contributed by atoms with Gasteiger partial charge in [-0.25, -0.2) is 0 Å². The maximum absolute atomic E-state index is 10.0. The second-order valence-corrected chi connectivity index (χ2v) is 5.68. The fraction of sp³-hybridized carbons (Fsp3) is 0.0909. The van der Waals surface area contributed by atoms with Crippen molar-refractivity contribution in [1.82, 2.24) is 10.6 Å². The predicted octanol–water partition coefficient (Wildman–Crippen LogP) is 2.39. The fourth-order valence-corrected chi connectivity index (χ4v) is 1.78. The Hall–Kier alpha value is -3.80. The molecule has 0 spiro atoms. The topological polar surface area (TPSA) is 92.3 Å². The number of carbonyl (C=O) groups is 4. The molecule has 6 nitrogen and oxygen atoms in total. The quantitative estimate of drug-likeness (QED) is 0.689. The zero-order valence-electron chi connectivity index (χ0n) is 15.7. The minimum Gasteiger partial charge on any atom is -0.289 e. The lowest BCUT2D eigenvalue weighted by molar-refractivity contribution is -0.125. The lowest BCUT2D eigenvalue weighted by atomic mass is 10.2. The molecule has 2 aromatic carbocycles. The van der Waals surface area contributed by atoms with Crippen LogP contribution in [0.15, 0.2) is 85.0 Å². The van der Waals surface area contributed by atoms with Crippen molar-refractivity contribution in [3.63, 3.8) is 0 Å². The summed E-state index contributed by atoms with van der Waals surface area (Å²) in [6, 6.07) is 20.5. The lowest BCUT2D eigenvalue weighted by Crippen LogP contribution is -2.19. The van der Waals surface area contributed by atoms with Crippen molar-refractivity contribution in [1.29, 1.82) is 0 Å². The van der Waals surface area contributed by atoms with E-state index in [4.69, 9.17) is 0 Å². The molecule has 2 heterocycles. The Morgan fingerprint density at radius 3 is 0.821 bits per heavy atom. The molecule has 0 saturated heterocycles. The number of carbonyl (C=O) groups excluding carboxylic acids is 4. The second kappa shape index (κ2) is 12.5. The first kappa shape index (κ1) is 22.2. The van der Waals surface area contributed by atoms with Crippen molar-refractivity contribution in [2.75, 3.05) is 0 Å². The summed E-state index contributed by atoms with van der Waals surface area (Å²) in [5, 5.41) is 4.06. The largest absolute Gasteiger partial charge is 0.289 e. The molecule has 0 saturated carbocycles. The van der Waals surface area contributed by atoms with E-state index in [0.717, 1.165) is 0 Å². The van der Waals surface area contributed by atoms with Gasteiger partial charge in [0.25, 0.3) is 23.6 Å². The Morgan fingerprint density at radius 1 is 0.464 bits per heavy atom. The fourth-order valence-electron chi connectivity index (χ4n) is 1.78. The minimum absolute atomic E-state index is 0.329. The first-order chi connectivity index (χ1) is 13.4. The summed E-state index contributed by atoms with van der Waals surface area (Å²) in [4.78, 5) is 40.1. The van der Waals surface area contributed by atoms with E-state index in [1.54, 1.807) is 0 Å². The molecule has 6 heteroatoms. The standard InChI is InChI=1S/2C7H8.2C4H3NO2/c2*1-7-5-3-2-4-6-7;2*6-3-1-2-4(7)5-3/h2*2-6H,1H3;2*1-2H,(H,5,6,7). The molecule has 0 aliphatic carbocycles. The smallest absolute Gasteiger partial charge is 0.250 e. The van der Waals surface area contributed by atoms with Gasteiger partial charge in [-0.3, -0.25) is 29.8 Å². The summed E-state index contributed by atoms with van der Waals surface area (Å²) in [5.74, 6) is -1.31. The van der Waals surface area contributed by atoms with E-state index in [2.05, 4.69) is 38.1 Å². The van der Waals surface area contributed by atoms with Gasteiger partial charge in [0.2, 0.25) is 0 Å². The van der Waals surface area contributed by atoms with Crippen molar-refractivity contribution in [3.8, 4) is 0 Å². The highest BCUT2D eigenvalue weighted by molar-refractivity contribution is 6.13. The van der Waals surface area contributed by atoms with Crippen LogP contribution in [-0.4, -0.2) is 23.6 Å². The average Bonchev–Trinajstić information content (AvgIpc) is 3.24. The predicted molar refractivity (Wildman–Crippen MR) is 107 cm³/mol. The summed E-state index contributed by atoms with van der Waals surface area (Å²) in [5.41, 5.74) is 2.64. The van der Waals surface area contributed by atoms with Gasteiger partial charge in [-0.1, -0.05) is 71.8 Å². The van der Waals surface area contributed by atoms with Gasteiger partial charge in [0.05, 0.1) is 0 Å². The van der Waals surface area contributed by atoms with Crippen LogP contribution in [-0.2, 0) is 19.2 Å². The van der Waals surface area contributed by atoms with Crippen molar-refractivity contribution >= 4 is 23.6 Å². The molecule has 2 aromatic rings. The number of nitrogens with one attached hydrogen (secondary N) is 2. The van der Waals surface area contributed by atoms with Gasteiger partial charge in [-0.2, -0.15) is 0 Å². The third-order valence-electron chi connectivity index (χ3n) is 3.15. The van der Waals surface area contributed by atoms with Crippen LogP contribution in [0.25, 0.3) is 0 Å². The number of rotatable bonds is 0. The van der Waals surface area contributed by atoms with Gasteiger partial charge in [0.1, 0.15) is 0 Å². The molecule has 2 aliphatic heterocycles. The summed E-state index contributed by atoms with van der Waals surface area (Å²) in [6.45, 7) is 4.17. The Bertz CT molecular complexity index is 751. The average molecular weight is 378 g/mol. The highest BCUT2D eigenvalue weighted by Gasteiger charge is 2.07. The third-order valence-corrected chi connectivity index (χ3v) is 3.15. The highest BCUT2D eigenvalue weighted by Crippen LogP contribution is 1.92. The van der Waals surface area contributed by atoms with Crippen LogP contribution in [0.3, 0.4) is 0 Å². The van der Waals surface area contributed by atoms with Crippen LogP contribution in [0.1, 0.15) is 11.1 Å². The van der Waals surface area contributed by atoms with Gasteiger partial charge < -0.3 is 0 Å². The van der Waals surface area contributed by atoms with E-state index in [0.29, 0.717) is 0 Å². The van der Waals surface area contributed by atoms with Crippen LogP contribution in [0.2, 0.25) is 0 Å². The molecule has 0 unspecified atom stereocenters. The van der Waals surface area contributed by atoms with Crippen molar-refractivity contribution in [2.24, 2.45) is 0 Å². The zero-order chi connectivity index (χ0) is 20.8. The van der Waals surface area contributed by atoms with E-state index < -0.39 is 0 Å². The van der Waals surface area contributed by atoms with Crippen LogP contribution < -0.4 is 10.6 Å². The molecule has 0 fully saturated rings. The van der Waals surface area contributed by atoms with Crippen LogP contribution >= 0.6 is 0 Å². The Kier molecular flexibility index (Phi) is 9.96. The Morgan fingerprint density at radius 2 is 0.714 bits per heavy atom. The summed E-state index contributed by atoms with van der Waals surface area (Å²) >= 11 is 0.